The summed E-state index contributed by atoms with van der Waals surface area (Å²) < 4.78 is 0. The molecule has 2 aromatic carbocycles. The summed E-state index contributed by atoms with van der Waals surface area (Å²) in [6.45, 7) is 5.81. The van der Waals surface area contributed by atoms with Crippen molar-refractivity contribution in [3.8, 4) is 12.3 Å². The Kier molecular flexibility index (Phi) is 7.29. The predicted octanol–water partition coefficient (Wildman–Crippen LogP) is 3.13. The van der Waals surface area contributed by atoms with Gasteiger partial charge in [0, 0.05) is 29.9 Å². The Balaban J connectivity index is 1.49. The molecule has 0 saturated carbocycles. The zero-order chi connectivity index (χ0) is 24.1. The van der Waals surface area contributed by atoms with Crippen LogP contribution in [0.4, 0.5) is 5.69 Å². The molecule has 0 aliphatic carbocycles. The van der Waals surface area contributed by atoms with Gasteiger partial charge in [-0.2, -0.15) is 0 Å². The van der Waals surface area contributed by atoms with E-state index in [9.17, 15) is 9.59 Å². The van der Waals surface area contributed by atoms with E-state index in [-0.39, 0.29) is 17.5 Å². The highest BCUT2D eigenvalue weighted by atomic mass is 16.1. The number of terminal acetylenes is 1. The number of aryl methyl sites for hydroxylation is 1. The minimum Gasteiger partial charge on any atom is -0.356 e. The number of carbonyl (C=O) groups excluding carboxylic acids is 1. The van der Waals surface area contributed by atoms with Crippen LogP contribution >= 0.6 is 0 Å². The van der Waals surface area contributed by atoms with Gasteiger partial charge in [0.1, 0.15) is 5.82 Å². The number of benzene rings is 2. The molecule has 0 spiro atoms. The topological polar surface area (TPSA) is 90.1 Å². The van der Waals surface area contributed by atoms with Gasteiger partial charge in [-0.05, 0) is 74.7 Å². The van der Waals surface area contributed by atoms with Crippen LogP contribution in [-0.2, 0) is 6.54 Å². The Bertz CT molecular complexity index is 1250. The van der Waals surface area contributed by atoms with Crippen LogP contribution < -0.4 is 21.1 Å². The van der Waals surface area contributed by atoms with Crippen LogP contribution in [0, 0.1) is 19.3 Å². The normalized spacial score (nSPS) is 16.2. The minimum atomic E-state index is -0.151. The van der Waals surface area contributed by atoms with Crippen molar-refractivity contribution in [3.63, 3.8) is 0 Å². The minimum absolute atomic E-state index is 0.0628. The average molecular weight is 458 g/mol. The summed E-state index contributed by atoms with van der Waals surface area (Å²) in [5, 5.41) is 7.21. The molecule has 7 heteroatoms. The molecule has 1 aromatic heterocycles. The highest BCUT2D eigenvalue weighted by molar-refractivity contribution is 5.94. The molecule has 176 valence electrons. The maximum atomic E-state index is 12.8. The van der Waals surface area contributed by atoms with E-state index < -0.39 is 0 Å². The van der Waals surface area contributed by atoms with Crippen LogP contribution in [0.25, 0.3) is 10.9 Å². The van der Waals surface area contributed by atoms with Crippen molar-refractivity contribution in [2.24, 2.45) is 0 Å². The van der Waals surface area contributed by atoms with Crippen molar-refractivity contribution < 1.29 is 4.79 Å². The lowest BCUT2D eigenvalue weighted by Crippen LogP contribution is -2.47. The fourth-order valence-electron chi connectivity index (χ4n) is 4.59. The molecular formula is C27H31N5O2. The lowest BCUT2D eigenvalue weighted by Gasteiger charge is -2.25. The van der Waals surface area contributed by atoms with Crippen LogP contribution in [0.5, 0.6) is 0 Å². The number of amides is 1. The van der Waals surface area contributed by atoms with E-state index in [1.54, 1.807) is 6.92 Å². The third kappa shape index (κ3) is 5.29. The second-order valence-corrected chi connectivity index (χ2v) is 8.80. The second-order valence-electron chi connectivity index (χ2n) is 8.80. The highest BCUT2D eigenvalue weighted by Gasteiger charge is 2.24. The molecule has 0 bridgehead atoms. The lowest BCUT2D eigenvalue weighted by molar-refractivity contribution is 0.0927. The zero-order valence-corrected chi connectivity index (χ0v) is 19.7. The molecule has 1 fully saturated rings. The number of H-pyrrole nitrogens is 1. The summed E-state index contributed by atoms with van der Waals surface area (Å²) in [5.74, 6) is 3.23. The quantitative estimate of drug-likeness (QED) is 0.452. The summed E-state index contributed by atoms with van der Waals surface area (Å²) in [6, 6.07) is 13.6. The molecule has 3 aromatic rings. The molecule has 4 rings (SSSR count). The maximum Gasteiger partial charge on any atom is 0.258 e. The van der Waals surface area contributed by atoms with Crippen molar-refractivity contribution in [2.45, 2.75) is 51.7 Å². The van der Waals surface area contributed by atoms with Gasteiger partial charge in [0.05, 0.1) is 17.4 Å². The van der Waals surface area contributed by atoms with Gasteiger partial charge in [-0.15, -0.1) is 6.42 Å². The Hall–Kier alpha value is -3.63. The van der Waals surface area contributed by atoms with E-state index in [2.05, 4.69) is 33.4 Å². The number of anilines is 1. The van der Waals surface area contributed by atoms with Crippen LogP contribution in [-0.4, -0.2) is 41.0 Å². The summed E-state index contributed by atoms with van der Waals surface area (Å²) in [6.07, 6.45) is 8.77. The first-order valence-electron chi connectivity index (χ1n) is 11.8. The molecule has 0 radical (unpaired) electrons. The Morgan fingerprint density at radius 3 is 2.76 bits per heavy atom. The number of rotatable bonds is 8. The molecule has 1 aliphatic heterocycles. The van der Waals surface area contributed by atoms with Crippen LogP contribution in [0.3, 0.4) is 0 Å². The third-order valence-corrected chi connectivity index (χ3v) is 6.38. The number of nitrogens with one attached hydrogen (secondary N) is 3. The number of hydrogen-bond donors (Lipinski definition) is 3. The molecule has 34 heavy (non-hydrogen) atoms. The Morgan fingerprint density at radius 2 is 2.09 bits per heavy atom. The van der Waals surface area contributed by atoms with Gasteiger partial charge in [0.15, 0.2) is 0 Å². The van der Waals surface area contributed by atoms with Crippen LogP contribution in [0.2, 0.25) is 0 Å². The number of fused-ring (bicyclic) bond motifs is 1. The second kappa shape index (κ2) is 10.5. The van der Waals surface area contributed by atoms with Crippen LogP contribution in [0.15, 0.2) is 47.3 Å². The summed E-state index contributed by atoms with van der Waals surface area (Å²) >= 11 is 0. The molecule has 2 atom stereocenters. The van der Waals surface area contributed by atoms with Crippen LogP contribution in [0.1, 0.15) is 47.9 Å². The lowest BCUT2D eigenvalue weighted by atomic mass is 10.0. The first-order chi connectivity index (χ1) is 16.5. The number of hydrogen-bond acceptors (Lipinski definition) is 5. The number of aromatic amines is 1. The van der Waals surface area contributed by atoms with Gasteiger partial charge in [0.25, 0.3) is 11.5 Å². The van der Waals surface area contributed by atoms with E-state index in [0.717, 1.165) is 37.1 Å². The van der Waals surface area contributed by atoms with Crippen molar-refractivity contribution >= 4 is 22.5 Å². The first kappa shape index (κ1) is 23.5. The molecule has 1 aliphatic rings. The van der Waals surface area contributed by atoms with Gasteiger partial charge in [-0.1, -0.05) is 18.9 Å². The van der Waals surface area contributed by atoms with Crippen molar-refractivity contribution in [1.29, 1.82) is 0 Å². The predicted molar refractivity (Wildman–Crippen MR) is 136 cm³/mol. The van der Waals surface area contributed by atoms with E-state index in [1.165, 1.54) is 0 Å². The van der Waals surface area contributed by atoms with Gasteiger partial charge in [-0.25, -0.2) is 4.98 Å². The monoisotopic (exact) mass is 457 g/mol. The summed E-state index contributed by atoms with van der Waals surface area (Å²) in [7, 11) is 0. The average Bonchev–Trinajstić information content (AvgIpc) is 3.37. The Morgan fingerprint density at radius 1 is 1.29 bits per heavy atom. The van der Waals surface area contributed by atoms with E-state index in [0.29, 0.717) is 41.4 Å². The molecule has 3 N–H and O–H groups in total. The fraction of sp³-hybridized carbons (Fsp3) is 0.370. The van der Waals surface area contributed by atoms with E-state index >= 15 is 0 Å². The third-order valence-electron chi connectivity index (χ3n) is 6.38. The fourth-order valence-corrected chi connectivity index (χ4v) is 4.59. The first-order valence-corrected chi connectivity index (χ1v) is 11.8. The molecule has 2 unspecified atom stereocenters. The van der Waals surface area contributed by atoms with E-state index in [1.807, 2.05) is 47.4 Å². The summed E-state index contributed by atoms with van der Waals surface area (Å²) in [4.78, 5) is 34.3. The Labute approximate surface area is 200 Å². The number of nitrogens with zero attached hydrogens (tertiary/aromatic N) is 2. The van der Waals surface area contributed by atoms with Gasteiger partial charge >= 0.3 is 0 Å². The van der Waals surface area contributed by atoms with Crippen molar-refractivity contribution in [1.82, 2.24) is 20.6 Å². The summed E-state index contributed by atoms with van der Waals surface area (Å²) in [5.41, 5.74) is 3.01. The molecule has 1 saturated heterocycles. The zero-order valence-electron chi connectivity index (χ0n) is 19.7. The molecular weight excluding hydrogens is 426 g/mol. The van der Waals surface area contributed by atoms with Crippen molar-refractivity contribution in [2.75, 3.05) is 18.0 Å². The largest absolute Gasteiger partial charge is 0.356 e. The van der Waals surface area contributed by atoms with E-state index in [4.69, 9.17) is 6.42 Å². The smallest absolute Gasteiger partial charge is 0.258 e. The highest BCUT2D eigenvalue weighted by Crippen LogP contribution is 2.20. The number of aromatic nitrogens is 2. The van der Waals surface area contributed by atoms with Gasteiger partial charge < -0.3 is 20.5 Å². The maximum absolute atomic E-state index is 12.8. The number of carbonyl (C=O) groups is 1. The standard InChI is InChI=1S/C27H31N5O2/c1-4-15-32(17-19-8-13-24-22(16-19)27(34)30-18(3)29-24)21-11-9-20(10-12-21)26(33)31-23(5-2)25-7-6-14-28-25/h1,8-13,16,23,25,28H,5-7,14-15,17H2,2-3H3,(H,31,33)(H,29,30,34). The molecule has 1 amide bonds. The molecule has 2 heterocycles. The molecule has 7 nitrogen and oxygen atoms in total. The van der Waals surface area contributed by atoms with Gasteiger partial charge in [-0.3, -0.25) is 9.59 Å². The SMILES string of the molecule is C#CCN(Cc1ccc2nc(C)[nH]c(=O)c2c1)c1ccc(C(=O)NC(CC)C2CCCN2)cc1. The van der Waals surface area contributed by atoms with Crippen molar-refractivity contribution in [3.05, 3.63) is 69.8 Å². The van der Waals surface area contributed by atoms with Gasteiger partial charge in [0.2, 0.25) is 0 Å².